The Bertz CT molecular complexity index is 750. The summed E-state index contributed by atoms with van der Waals surface area (Å²) in [6, 6.07) is 0.432. The van der Waals surface area contributed by atoms with Crippen molar-refractivity contribution in [3.05, 3.63) is 16.3 Å². The van der Waals surface area contributed by atoms with Gasteiger partial charge in [-0.15, -0.1) is 11.3 Å². The van der Waals surface area contributed by atoms with E-state index in [4.69, 9.17) is 0 Å². The average molecular weight is 334 g/mol. The zero-order valence-corrected chi connectivity index (χ0v) is 14.8. The molecule has 0 atom stereocenters. The van der Waals surface area contributed by atoms with Crippen LogP contribution in [0.15, 0.2) is 0 Å². The number of fused-ring (bicyclic) bond motifs is 1. The van der Waals surface area contributed by atoms with Gasteiger partial charge < -0.3 is 19.7 Å². The number of quaternary nitrogens is 1. The van der Waals surface area contributed by atoms with Gasteiger partial charge in [0.1, 0.15) is 16.5 Å². The molecule has 0 aliphatic carbocycles. The van der Waals surface area contributed by atoms with Gasteiger partial charge in [0.2, 0.25) is 0 Å². The largest absolute Gasteiger partial charge is 0.544 e. The summed E-state index contributed by atoms with van der Waals surface area (Å²) in [6.45, 7) is 5.96. The lowest BCUT2D eigenvalue weighted by atomic mass is 10.0. The maximum Gasteiger partial charge on any atom is 0.141 e. The number of carboxylic acids is 1. The van der Waals surface area contributed by atoms with E-state index in [1.807, 2.05) is 13.8 Å². The number of piperidine rings is 1. The predicted octanol–water partition coefficient (Wildman–Crippen LogP) is -0.215. The Morgan fingerprint density at radius 1 is 1.30 bits per heavy atom. The molecule has 1 aliphatic heterocycles. The maximum absolute atomic E-state index is 11.3. The first-order valence-corrected chi connectivity index (χ1v) is 8.73. The fourth-order valence-corrected chi connectivity index (χ4v) is 4.38. The first kappa shape index (κ1) is 16.1. The third-order valence-corrected chi connectivity index (χ3v) is 5.92. The van der Waals surface area contributed by atoms with Gasteiger partial charge >= 0.3 is 0 Å². The monoisotopic (exact) mass is 334 g/mol. The second kappa shape index (κ2) is 6.05. The molecule has 124 valence electrons. The van der Waals surface area contributed by atoms with Gasteiger partial charge in [-0.3, -0.25) is 0 Å². The van der Waals surface area contributed by atoms with E-state index < -0.39 is 5.97 Å². The van der Waals surface area contributed by atoms with Crippen molar-refractivity contribution in [2.45, 2.75) is 32.7 Å². The van der Waals surface area contributed by atoms with Crippen LogP contribution in [-0.2, 0) is 0 Å². The zero-order chi connectivity index (χ0) is 16.7. The predicted molar refractivity (Wildman–Crippen MR) is 89.3 cm³/mol. The molecule has 0 saturated carbocycles. The normalized spacial score (nSPS) is 21.6. The second-order valence-electron chi connectivity index (χ2n) is 6.42. The number of hydrogen-bond donors (Lipinski definition) is 1. The Hall–Kier alpha value is -1.73. The number of aromatic carboxylic acids is 1. The van der Waals surface area contributed by atoms with Crippen LogP contribution in [0.25, 0.3) is 10.2 Å². The Labute approximate surface area is 139 Å². The van der Waals surface area contributed by atoms with Gasteiger partial charge in [0.05, 0.1) is 36.4 Å². The van der Waals surface area contributed by atoms with Crippen molar-refractivity contribution in [3.8, 4) is 0 Å². The molecule has 23 heavy (non-hydrogen) atoms. The fourth-order valence-electron chi connectivity index (χ4n) is 3.33. The van der Waals surface area contributed by atoms with E-state index in [1.54, 1.807) is 4.90 Å². The minimum absolute atomic E-state index is 0.252. The first-order chi connectivity index (χ1) is 10.9. The van der Waals surface area contributed by atoms with Crippen molar-refractivity contribution < 1.29 is 14.8 Å². The number of nitrogens with zero attached hydrogens (tertiary/aromatic N) is 3. The second-order valence-corrected chi connectivity index (χ2v) is 7.42. The first-order valence-electron chi connectivity index (χ1n) is 7.91. The molecule has 1 saturated heterocycles. The SMILES string of the molecule is Cc1nc(N(C)C2CC[NH+](C)CC2)c2c(C)c(C(=O)[O-])sc2n1. The summed E-state index contributed by atoms with van der Waals surface area (Å²) in [5.41, 5.74) is 0.713. The summed E-state index contributed by atoms with van der Waals surface area (Å²) in [5, 5.41) is 12.2. The highest BCUT2D eigenvalue weighted by Crippen LogP contribution is 2.35. The Morgan fingerprint density at radius 2 is 1.96 bits per heavy atom. The molecule has 1 N–H and O–H groups in total. The van der Waals surface area contributed by atoms with Crippen LogP contribution in [0.5, 0.6) is 0 Å². The average Bonchev–Trinajstić information content (AvgIpc) is 2.83. The number of hydrogen-bond acceptors (Lipinski definition) is 6. The molecule has 0 spiro atoms. The molecule has 0 radical (unpaired) electrons. The lowest BCUT2D eigenvalue weighted by molar-refractivity contribution is -0.884. The van der Waals surface area contributed by atoms with Crippen molar-refractivity contribution in [2.75, 3.05) is 32.1 Å². The van der Waals surface area contributed by atoms with Crippen LogP contribution in [-0.4, -0.2) is 49.2 Å². The Balaban J connectivity index is 2.07. The molecule has 6 nitrogen and oxygen atoms in total. The summed E-state index contributed by atoms with van der Waals surface area (Å²) in [4.78, 5) is 25.1. The molecule has 7 heteroatoms. The highest BCUT2D eigenvalue weighted by molar-refractivity contribution is 7.20. The number of carbonyl (C=O) groups excluding carboxylic acids is 1. The molecular weight excluding hydrogens is 312 g/mol. The molecular formula is C16H22N4O2S. The number of likely N-dealkylation sites (tertiary alicyclic amines) is 1. The van der Waals surface area contributed by atoms with Crippen molar-refractivity contribution in [2.24, 2.45) is 0 Å². The van der Waals surface area contributed by atoms with E-state index in [-0.39, 0.29) is 4.88 Å². The molecule has 2 aromatic heterocycles. The number of carboxylic acid groups (broad SMARTS) is 1. The smallest absolute Gasteiger partial charge is 0.141 e. The number of aromatic nitrogens is 2. The number of anilines is 1. The number of aryl methyl sites for hydroxylation is 2. The molecule has 3 rings (SSSR count). The van der Waals surface area contributed by atoms with Crippen LogP contribution in [0.3, 0.4) is 0 Å². The lowest BCUT2D eigenvalue weighted by Gasteiger charge is -2.34. The van der Waals surface area contributed by atoms with Crippen molar-refractivity contribution in [1.82, 2.24) is 9.97 Å². The number of thiophene rings is 1. The highest BCUT2D eigenvalue weighted by Gasteiger charge is 2.26. The molecule has 0 amide bonds. The summed E-state index contributed by atoms with van der Waals surface area (Å²) in [6.07, 6.45) is 2.23. The van der Waals surface area contributed by atoms with E-state index in [0.717, 1.165) is 42.0 Å². The quantitative estimate of drug-likeness (QED) is 0.840. The van der Waals surface area contributed by atoms with Crippen LogP contribution in [0.4, 0.5) is 5.82 Å². The van der Waals surface area contributed by atoms with E-state index >= 15 is 0 Å². The lowest BCUT2D eigenvalue weighted by Crippen LogP contribution is -3.10. The van der Waals surface area contributed by atoms with E-state index in [1.165, 1.54) is 11.3 Å². The van der Waals surface area contributed by atoms with Gasteiger partial charge in [-0.05, 0) is 19.4 Å². The van der Waals surface area contributed by atoms with Crippen molar-refractivity contribution in [1.29, 1.82) is 0 Å². The number of carbonyl (C=O) groups is 1. The molecule has 3 heterocycles. The van der Waals surface area contributed by atoms with Crippen molar-refractivity contribution in [3.63, 3.8) is 0 Å². The number of nitrogens with one attached hydrogen (secondary N) is 1. The fraction of sp³-hybridized carbons (Fsp3) is 0.562. The van der Waals surface area contributed by atoms with E-state index in [2.05, 4.69) is 29.0 Å². The third-order valence-electron chi connectivity index (χ3n) is 4.76. The van der Waals surface area contributed by atoms with Gasteiger partial charge in [0.25, 0.3) is 0 Å². The Kier molecular flexibility index (Phi) is 4.25. The maximum atomic E-state index is 11.3. The van der Waals surface area contributed by atoms with Gasteiger partial charge in [-0.2, -0.15) is 0 Å². The minimum Gasteiger partial charge on any atom is -0.544 e. The van der Waals surface area contributed by atoms with Gasteiger partial charge in [0, 0.05) is 25.9 Å². The van der Waals surface area contributed by atoms with Gasteiger partial charge in [-0.1, -0.05) is 0 Å². The van der Waals surface area contributed by atoms with Crippen LogP contribution in [0.2, 0.25) is 0 Å². The third kappa shape index (κ3) is 2.90. The summed E-state index contributed by atoms with van der Waals surface area (Å²) in [5.74, 6) is 0.377. The summed E-state index contributed by atoms with van der Waals surface area (Å²) < 4.78 is 0. The highest BCUT2D eigenvalue weighted by atomic mass is 32.1. The van der Waals surface area contributed by atoms with Crippen LogP contribution in [0.1, 0.15) is 33.9 Å². The summed E-state index contributed by atoms with van der Waals surface area (Å²) >= 11 is 1.18. The summed E-state index contributed by atoms with van der Waals surface area (Å²) in [7, 11) is 4.28. The zero-order valence-electron chi connectivity index (χ0n) is 14.0. The van der Waals surface area contributed by atoms with Crippen LogP contribution >= 0.6 is 11.3 Å². The van der Waals surface area contributed by atoms with Crippen molar-refractivity contribution >= 4 is 33.3 Å². The van der Waals surface area contributed by atoms with Crippen LogP contribution in [0, 0.1) is 13.8 Å². The topological polar surface area (TPSA) is 73.6 Å². The van der Waals surface area contributed by atoms with Gasteiger partial charge in [0.15, 0.2) is 0 Å². The molecule has 0 aromatic carbocycles. The molecule has 0 unspecified atom stereocenters. The standard InChI is InChI=1S/C16H22N4O2S/c1-9-12-14(20(4)11-5-7-19(3)8-6-11)17-10(2)18-15(12)23-13(9)16(21)22/h11H,5-8H2,1-4H3,(H,21,22). The molecule has 0 bridgehead atoms. The molecule has 1 fully saturated rings. The minimum atomic E-state index is -1.14. The van der Waals surface area contributed by atoms with E-state index in [0.29, 0.717) is 17.4 Å². The van der Waals surface area contributed by atoms with E-state index in [9.17, 15) is 9.90 Å². The molecule has 2 aromatic rings. The Morgan fingerprint density at radius 3 is 2.57 bits per heavy atom. The van der Waals surface area contributed by atoms with Gasteiger partial charge in [-0.25, -0.2) is 9.97 Å². The number of rotatable bonds is 3. The molecule has 1 aliphatic rings. The van der Waals surface area contributed by atoms with Crippen LogP contribution < -0.4 is 14.9 Å².